The molecule has 0 saturated carbocycles. The van der Waals surface area contributed by atoms with Crippen molar-refractivity contribution in [3.05, 3.63) is 64.9 Å². The number of para-hydroxylation sites is 1. The molecule has 2 aromatic rings. The van der Waals surface area contributed by atoms with Crippen molar-refractivity contribution >= 4 is 23.1 Å². The molecule has 2 aliphatic rings. The molecule has 0 aromatic heterocycles. The van der Waals surface area contributed by atoms with E-state index in [2.05, 4.69) is 10.2 Å². The Kier molecular flexibility index (Phi) is 6.58. The van der Waals surface area contributed by atoms with Crippen LogP contribution >= 0.6 is 0 Å². The molecule has 168 valence electrons. The Balaban J connectivity index is 1.67. The maximum Gasteiger partial charge on any atom is 0.278 e. The fourth-order valence-electron chi connectivity index (χ4n) is 4.03. The van der Waals surface area contributed by atoms with Crippen LogP contribution in [0.4, 0.5) is 5.69 Å². The second-order valence-electron chi connectivity index (χ2n) is 8.09. The van der Waals surface area contributed by atoms with Crippen molar-refractivity contribution in [3.8, 4) is 5.75 Å². The minimum absolute atomic E-state index is 0.282. The van der Waals surface area contributed by atoms with Gasteiger partial charge in [-0.25, -0.2) is 0 Å². The lowest BCUT2D eigenvalue weighted by Crippen LogP contribution is -2.43. The second-order valence-corrected chi connectivity index (χ2v) is 8.09. The summed E-state index contributed by atoms with van der Waals surface area (Å²) in [6.07, 6.45) is 0. The predicted octanol–water partition coefficient (Wildman–Crippen LogP) is 2.84. The minimum atomic E-state index is -0.317. The van der Waals surface area contributed by atoms with E-state index in [0.717, 1.165) is 29.9 Å². The van der Waals surface area contributed by atoms with E-state index in [1.165, 1.54) is 4.90 Å². The number of nitrogens with zero attached hydrogens (tertiary/aromatic N) is 2. The molecule has 1 saturated heterocycles. The number of morpholine rings is 1. The molecule has 2 aromatic carbocycles. The molecule has 2 heterocycles. The Bertz CT molecular complexity index is 1060. The number of carbonyl (C=O) groups excluding carboxylic acids is 2. The zero-order chi connectivity index (χ0) is 22.7. The topological polar surface area (TPSA) is 71.1 Å². The number of carbonyl (C=O) groups is 2. The molecule has 0 spiro atoms. The van der Waals surface area contributed by atoms with Gasteiger partial charge < -0.3 is 14.8 Å². The number of ether oxygens (including phenoxy) is 2. The normalized spacial score (nSPS) is 17.3. The molecule has 0 radical (unpaired) electrons. The lowest BCUT2D eigenvalue weighted by molar-refractivity contribution is -0.137. The highest BCUT2D eigenvalue weighted by atomic mass is 16.5. The largest absolute Gasteiger partial charge is 0.496 e. The number of methoxy groups -OCH3 is 1. The average molecular weight is 436 g/mol. The fourth-order valence-corrected chi connectivity index (χ4v) is 4.03. The summed E-state index contributed by atoms with van der Waals surface area (Å²) >= 11 is 0. The second kappa shape index (κ2) is 9.54. The molecule has 0 aliphatic carbocycles. The van der Waals surface area contributed by atoms with Gasteiger partial charge in [0.1, 0.15) is 11.4 Å². The summed E-state index contributed by atoms with van der Waals surface area (Å²) in [7, 11) is 1.56. The monoisotopic (exact) mass is 435 g/mol. The summed E-state index contributed by atoms with van der Waals surface area (Å²) in [6, 6.07) is 13.2. The number of nitrogens with one attached hydrogen (secondary N) is 1. The van der Waals surface area contributed by atoms with Crippen LogP contribution in [0.15, 0.2) is 48.2 Å². The van der Waals surface area contributed by atoms with Crippen LogP contribution < -0.4 is 10.1 Å². The summed E-state index contributed by atoms with van der Waals surface area (Å²) in [4.78, 5) is 30.5. The molecule has 0 bridgehead atoms. The maximum absolute atomic E-state index is 13.5. The molecule has 0 atom stereocenters. The van der Waals surface area contributed by atoms with Gasteiger partial charge in [0.15, 0.2) is 0 Å². The van der Waals surface area contributed by atoms with Gasteiger partial charge in [0.2, 0.25) is 0 Å². The van der Waals surface area contributed by atoms with Crippen molar-refractivity contribution in [1.29, 1.82) is 0 Å². The van der Waals surface area contributed by atoms with E-state index < -0.39 is 0 Å². The zero-order valence-corrected chi connectivity index (χ0v) is 18.8. The van der Waals surface area contributed by atoms with Crippen molar-refractivity contribution < 1.29 is 19.1 Å². The Morgan fingerprint density at radius 3 is 2.44 bits per heavy atom. The lowest BCUT2D eigenvalue weighted by Gasteiger charge is -2.28. The van der Waals surface area contributed by atoms with Gasteiger partial charge in [0.25, 0.3) is 11.8 Å². The number of rotatable bonds is 7. The Labute approximate surface area is 188 Å². The van der Waals surface area contributed by atoms with Crippen LogP contribution in [0.2, 0.25) is 0 Å². The molecule has 7 nitrogen and oxygen atoms in total. The summed E-state index contributed by atoms with van der Waals surface area (Å²) in [5.74, 6) is -0.0699. The van der Waals surface area contributed by atoms with E-state index >= 15 is 0 Å². The van der Waals surface area contributed by atoms with Crippen LogP contribution in [-0.4, -0.2) is 68.1 Å². The van der Waals surface area contributed by atoms with Gasteiger partial charge in [-0.2, -0.15) is 0 Å². The SMILES string of the molecule is COc1ccccc1C1=C(Nc2ccc(C)c(C)c2)C(=O)N(CCN2CCOCC2)C1=O. The highest BCUT2D eigenvalue weighted by molar-refractivity contribution is 6.37. The van der Waals surface area contributed by atoms with Crippen molar-refractivity contribution in [2.75, 3.05) is 51.8 Å². The number of aryl methyl sites for hydroxylation is 2. The number of benzene rings is 2. The highest BCUT2D eigenvalue weighted by Crippen LogP contribution is 2.35. The molecule has 32 heavy (non-hydrogen) atoms. The predicted molar refractivity (Wildman–Crippen MR) is 123 cm³/mol. The Morgan fingerprint density at radius 2 is 1.72 bits per heavy atom. The molecule has 0 unspecified atom stereocenters. The summed E-state index contributed by atoms with van der Waals surface area (Å²) in [5.41, 5.74) is 4.27. The van der Waals surface area contributed by atoms with Crippen LogP contribution in [-0.2, 0) is 14.3 Å². The van der Waals surface area contributed by atoms with Gasteiger partial charge in [0, 0.05) is 37.4 Å². The smallest absolute Gasteiger partial charge is 0.278 e. The van der Waals surface area contributed by atoms with E-state index in [4.69, 9.17) is 9.47 Å². The molecule has 2 aliphatic heterocycles. The Morgan fingerprint density at radius 1 is 0.969 bits per heavy atom. The van der Waals surface area contributed by atoms with Gasteiger partial charge >= 0.3 is 0 Å². The van der Waals surface area contributed by atoms with Crippen LogP contribution in [0.25, 0.3) is 5.57 Å². The number of imide groups is 1. The first kappa shape index (κ1) is 22.0. The van der Waals surface area contributed by atoms with Crippen molar-refractivity contribution in [2.45, 2.75) is 13.8 Å². The first-order valence-electron chi connectivity index (χ1n) is 10.9. The maximum atomic E-state index is 13.5. The Hall–Kier alpha value is -3.16. The van der Waals surface area contributed by atoms with Gasteiger partial charge in [-0.3, -0.25) is 19.4 Å². The molecule has 2 amide bonds. The van der Waals surface area contributed by atoms with Gasteiger partial charge in [0.05, 0.1) is 25.9 Å². The molecular formula is C25H29N3O4. The third-order valence-corrected chi connectivity index (χ3v) is 6.06. The quantitative estimate of drug-likeness (QED) is 0.675. The third kappa shape index (κ3) is 4.40. The first-order chi connectivity index (χ1) is 15.5. The highest BCUT2D eigenvalue weighted by Gasteiger charge is 2.40. The zero-order valence-electron chi connectivity index (χ0n) is 18.8. The van der Waals surface area contributed by atoms with Crippen LogP contribution in [0.1, 0.15) is 16.7 Å². The standard InChI is InChI=1S/C25H29N3O4/c1-17-8-9-19(16-18(17)2)26-23-22(20-6-4-5-7-21(20)31-3)24(29)28(25(23)30)11-10-27-12-14-32-15-13-27/h4-9,16,26H,10-15H2,1-3H3. The minimum Gasteiger partial charge on any atom is -0.496 e. The van der Waals surface area contributed by atoms with E-state index in [-0.39, 0.29) is 17.5 Å². The number of anilines is 1. The molecule has 1 fully saturated rings. The van der Waals surface area contributed by atoms with Crippen LogP contribution in [0, 0.1) is 13.8 Å². The average Bonchev–Trinajstić information content (AvgIpc) is 3.04. The summed E-state index contributed by atoms with van der Waals surface area (Å²) in [6.45, 7) is 7.96. The van der Waals surface area contributed by atoms with Crippen molar-refractivity contribution in [3.63, 3.8) is 0 Å². The van der Waals surface area contributed by atoms with Crippen LogP contribution in [0.5, 0.6) is 5.75 Å². The fraction of sp³-hybridized carbons (Fsp3) is 0.360. The summed E-state index contributed by atoms with van der Waals surface area (Å²) < 4.78 is 10.9. The molecule has 4 rings (SSSR count). The van der Waals surface area contributed by atoms with Gasteiger partial charge in [-0.1, -0.05) is 24.3 Å². The number of amides is 2. The molecular weight excluding hydrogens is 406 g/mol. The van der Waals surface area contributed by atoms with Gasteiger partial charge in [-0.05, 0) is 43.2 Å². The number of hydrogen-bond donors (Lipinski definition) is 1. The number of hydrogen-bond acceptors (Lipinski definition) is 6. The van der Waals surface area contributed by atoms with Gasteiger partial charge in [-0.15, -0.1) is 0 Å². The van der Waals surface area contributed by atoms with Crippen molar-refractivity contribution in [1.82, 2.24) is 9.80 Å². The van der Waals surface area contributed by atoms with Crippen molar-refractivity contribution in [2.24, 2.45) is 0 Å². The molecule has 1 N–H and O–H groups in total. The first-order valence-corrected chi connectivity index (χ1v) is 10.9. The lowest BCUT2D eigenvalue weighted by atomic mass is 10.0. The van der Waals surface area contributed by atoms with E-state index in [1.54, 1.807) is 13.2 Å². The van der Waals surface area contributed by atoms with Crippen LogP contribution in [0.3, 0.4) is 0 Å². The summed E-state index contributed by atoms with van der Waals surface area (Å²) in [5, 5.41) is 3.24. The van der Waals surface area contributed by atoms with E-state index in [9.17, 15) is 9.59 Å². The van der Waals surface area contributed by atoms with E-state index in [1.807, 2.05) is 50.2 Å². The third-order valence-electron chi connectivity index (χ3n) is 6.06. The van der Waals surface area contributed by atoms with E-state index in [0.29, 0.717) is 43.2 Å². The molecule has 7 heteroatoms.